The Kier molecular flexibility index (Phi) is 5.13. The number of nitrogens with one attached hydrogen (secondary N) is 1. The van der Waals surface area contributed by atoms with Gasteiger partial charge in [-0.25, -0.2) is 4.39 Å². The molecule has 0 atom stereocenters. The Morgan fingerprint density at radius 1 is 1.20 bits per heavy atom. The summed E-state index contributed by atoms with van der Waals surface area (Å²) in [5.74, 6) is 0.278. The zero-order valence-corrected chi connectivity index (χ0v) is 13.6. The molecule has 0 fully saturated rings. The minimum absolute atomic E-state index is 0.240. The zero-order chi connectivity index (χ0) is 14.7. The lowest BCUT2D eigenvalue weighted by Crippen LogP contribution is -2.03. The highest BCUT2D eigenvalue weighted by atomic mass is 79.9. The maximum atomic E-state index is 13.1. The average Bonchev–Trinajstić information content (AvgIpc) is 2.37. The number of hydrogen-bond acceptors (Lipinski definition) is 2. The Hall–Kier alpha value is -0.970. The van der Waals surface area contributed by atoms with Crippen LogP contribution in [0.4, 0.5) is 10.1 Å². The minimum Gasteiger partial charge on any atom is -0.496 e. The lowest BCUT2D eigenvalue weighted by Gasteiger charge is -2.13. The molecule has 2 rings (SSSR count). The molecule has 0 amide bonds. The number of rotatable bonds is 4. The van der Waals surface area contributed by atoms with E-state index >= 15 is 0 Å². The lowest BCUT2D eigenvalue weighted by molar-refractivity contribution is 0.410. The summed E-state index contributed by atoms with van der Waals surface area (Å²) in [6.45, 7) is 0.452. The van der Waals surface area contributed by atoms with Gasteiger partial charge in [0.15, 0.2) is 0 Å². The summed E-state index contributed by atoms with van der Waals surface area (Å²) in [6, 6.07) is 8.11. The molecule has 1 N–H and O–H groups in total. The SMILES string of the molecule is COc1ccc(Br)cc1CNc1c(Cl)cc(F)cc1Cl. The van der Waals surface area contributed by atoms with Gasteiger partial charge in [0, 0.05) is 16.6 Å². The number of ether oxygens (including phenoxy) is 1. The van der Waals surface area contributed by atoms with Crippen LogP contribution in [0, 0.1) is 5.82 Å². The van der Waals surface area contributed by atoms with Crippen LogP contribution in [-0.2, 0) is 6.54 Å². The molecule has 0 saturated heterocycles. The molecule has 0 aromatic heterocycles. The molecule has 106 valence electrons. The fourth-order valence-corrected chi connectivity index (χ4v) is 2.78. The predicted octanol–water partition coefficient (Wildman–Crippen LogP) is 5.52. The highest BCUT2D eigenvalue weighted by molar-refractivity contribution is 9.10. The van der Waals surface area contributed by atoms with E-state index in [0.29, 0.717) is 12.2 Å². The highest BCUT2D eigenvalue weighted by Gasteiger charge is 2.10. The van der Waals surface area contributed by atoms with Crippen LogP contribution < -0.4 is 10.1 Å². The molecule has 20 heavy (non-hydrogen) atoms. The van der Waals surface area contributed by atoms with Crippen LogP contribution in [-0.4, -0.2) is 7.11 Å². The van der Waals surface area contributed by atoms with Gasteiger partial charge in [-0.1, -0.05) is 39.1 Å². The Balaban J connectivity index is 2.23. The van der Waals surface area contributed by atoms with Gasteiger partial charge in [0.25, 0.3) is 0 Å². The van der Waals surface area contributed by atoms with Gasteiger partial charge < -0.3 is 10.1 Å². The summed E-state index contributed by atoms with van der Waals surface area (Å²) in [5, 5.41) is 3.57. The fourth-order valence-electron chi connectivity index (χ4n) is 1.78. The predicted molar refractivity (Wildman–Crippen MR) is 84.4 cm³/mol. The van der Waals surface area contributed by atoms with Crippen molar-refractivity contribution >= 4 is 44.8 Å². The molecule has 0 heterocycles. The Morgan fingerprint density at radius 2 is 1.85 bits per heavy atom. The molecule has 0 saturated carbocycles. The van der Waals surface area contributed by atoms with E-state index in [0.717, 1.165) is 15.8 Å². The largest absolute Gasteiger partial charge is 0.496 e. The van der Waals surface area contributed by atoms with Gasteiger partial charge in [-0.3, -0.25) is 0 Å². The molecule has 0 unspecified atom stereocenters. The Bertz CT molecular complexity index is 614. The first kappa shape index (κ1) is 15.4. The van der Waals surface area contributed by atoms with Crippen molar-refractivity contribution in [2.45, 2.75) is 6.54 Å². The van der Waals surface area contributed by atoms with Crippen molar-refractivity contribution in [3.63, 3.8) is 0 Å². The second-order valence-corrected chi connectivity index (χ2v) is 5.78. The first-order chi connectivity index (χ1) is 9.51. The first-order valence-electron chi connectivity index (χ1n) is 5.72. The van der Waals surface area contributed by atoms with E-state index in [4.69, 9.17) is 27.9 Å². The molecule has 0 aliphatic rings. The van der Waals surface area contributed by atoms with Gasteiger partial charge in [0.1, 0.15) is 11.6 Å². The molecule has 0 aliphatic heterocycles. The van der Waals surface area contributed by atoms with E-state index in [1.807, 2.05) is 18.2 Å². The third-order valence-corrected chi connectivity index (χ3v) is 3.79. The molecule has 2 nitrogen and oxygen atoms in total. The number of hydrogen-bond donors (Lipinski definition) is 1. The van der Waals surface area contributed by atoms with E-state index in [1.165, 1.54) is 12.1 Å². The van der Waals surface area contributed by atoms with E-state index < -0.39 is 5.82 Å². The van der Waals surface area contributed by atoms with Crippen molar-refractivity contribution in [3.8, 4) is 5.75 Å². The van der Waals surface area contributed by atoms with Crippen LogP contribution in [0.25, 0.3) is 0 Å². The van der Waals surface area contributed by atoms with E-state index in [2.05, 4.69) is 21.2 Å². The number of methoxy groups -OCH3 is 1. The van der Waals surface area contributed by atoms with Crippen LogP contribution in [0.5, 0.6) is 5.75 Å². The van der Waals surface area contributed by atoms with E-state index in [9.17, 15) is 4.39 Å². The molecule has 0 bridgehead atoms. The summed E-state index contributed by atoms with van der Waals surface area (Å²) in [7, 11) is 1.60. The maximum absolute atomic E-state index is 13.1. The highest BCUT2D eigenvalue weighted by Crippen LogP contribution is 2.32. The quantitative estimate of drug-likeness (QED) is 0.756. The van der Waals surface area contributed by atoms with Gasteiger partial charge in [0.2, 0.25) is 0 Å². The smallest absolute Gasteiger partial charge is 0.126 e. The van der Waals surface area contributed by atoms with Crippen LogP contribution in [0.15, 0.2) is 34.8 Å². The molecule has 6 heteroatoms. The van der Waals surface area contributed by atoms with Gasteiger partial charge in [-0.05, 0) is 30.3 Å². The number of benzene rings is 2. The summed E-state index contributed by atoms with van der Waals surface area (Å²) >= 11 is 15.4. The number of anilines is 1. The Morgan fingerprint density at radius 3 is 2.45 bits per heavy atom. The van der Waals surface area contributed by atoms with Crippen molar-refractivity contribution in [2.24, 2.45) is 0 Å². The van der Waals surface area contributed by atoms with Crippen molar-refractivity contribution < 1.29 is 9.13 Å². The average molecular weight is 379 g/mol. The lowest BCUT2D eigenvalue weighted by atomic mass is 10.2. The zero-order valence-electron chi connectivity index (χ0n) is 10.5. The van der Waals surface area contributed by atoms with Gasteiger partial charge in [-0.2, -0.15) is 0 Å². The molecular formula is C14H11BrCl2FNO. The first-order valence-corrected chi connectivity index (χ1v) is 7.27. The second kappa shape index (κ2) is 6.66. The second-order valence-electron chi connectivity index (χ2n) is 4.05. The molecular weight excluding hydrogens is 368 g/mol. The van der Waals surface area contributed by atoms with Crippen molar-refractivity contribution in [1.82, 2.24) is 0 Å². The molecule has 0 radical (unpaired) electrons. The third-order valence-electron chi connectivity index (χ3n) is 2.70. The van der Waals surface area contributed by atoms with Crippen molar-refractivity contribution in [2.75, 3.05) is 12.4 Å². The summed E-state index contributed by atoms with van der Waals surface area (Å²) in [4.78, 5) is 0. The molecule has 2 aromatic rings. The van der Waals surface area contributed by atoms with Gasteiger partial charge >= 0.3 is 0 Å². The summed E-state index contributed by atoms with van der Waals surface area (Å²) < 4.78 is 19.3. The molecule has 2 aromatic carbocycles. The maximum Gasteiger partial charge on any atom is 0.126 e. The van der Waals surface area contributed by atoms with Crippen LogP contribution in [0.3, 0.4) is 0 Å². The summed E-state index contributed by atoms with van der Waals surface area (Å²) in [5.41, 5.74) is 1.43. The normalized spacial score (nSPS) is 10.4. The van der Waals surface area contributed by atoms with E-state index in [1.54, 1.807) is 7.11 Å². The van der Waals surface area contributed by atoms with Crippen LogP contribution in [0.1, 0.15) is 5.56 Å². The van der Waals surface area contributed by atoms with Gasteiger partial charge in [0.05, 0.1) is 22.8 Å². The fraction of sp³-hybridized carbons (Fsp3) is 0.143. The minimum atomic E-state index is -0.467. The van der Waals surface area contributed by atoms with Crippen molar-refractivity contribution in [1.29, 1.82) is 0 Å². The van der Waals surface area contributed by atoms with Crippen molar-refractivity contribution in [3.05, 3.63) is 56.2 Å². The monoisotopic (exact) mass is 377 g/mol. The third kappa shape index (κ3) is 3.57. The van der Waals surface area contributed by atoms with Crippen LogP contribution in [0.2, 0.25) is 10.0 Å². The standard InChI is InChI=1S/C14H11BrCl2FNO/c1-20-13-3-2-9(15)4-8(13)7-19-14-11(16)5-10(18)6-12(14)17/h2-6,19H,7H2,1H3. The molecule has 0 aliphatic carbocycles. The summed E-state index contributed by atoms with van der Waals surface area (Å²) in [6.07, 6.45) is 0. The van der Waals surface area contributed by atoms with Gasteiger partial charge in [-0.15, -0.1) is 0 Å². The topological polar surface area (TPSA) is 21.3 Å². The van der Waals surface area contributed by atoms with Crippen LogP contribution >= 0.6 is 39.1 Å². The Labute approximate surface area is 135 Å². The number of halogens is 4. The molecule has 0 spiro atoms. The van der Waals surface area contributed by atoms with E-state index in [-0.39, 0.29) is 10.0 Å².